The summed E-state index contributed by atoms with van der Waals surface area (Å²) in [4.78, 5) is 14.6. The molecule has 3 aromatic heterocycles. The van der Waals surface area contributed by atoms with Crippen LogP contribution in [0.4, 0.5) is 0 Å². The van der Waals surface area contributed by atoms with E-state index in [2.05, 4.69) is 174 Å². The minimum atomic E-state index is 0.904. The third-order valence-corrected chi connectivity index (χ3v) is 10.6. The third-order valence-electron chi connectivity index (χ3n) is 10.6. The highest BCUT2D eigenvalue weighted by Gasteiger charge is 2.15. The first-order valence-corrected chi connectivity index (χ1v) is 18.9. The molecule has 0 fully saturated rings. The lowest BCUT2D eigenvalue weighted by atomic mass is 9.90. The van der Waals surface area contributed by atoms with Gasteiger partial charge in [-0.05, 0) is 110 Å². The van der Waals surface area contributed by atoms with Crippen LogP contribution in [-0.4, -0.2) is 15.0 Å². The molecule has 0 bridgehead atoms. The first-order valence-electron chi connectivity index (χ1n) is 18.9. The molecule has 3 heteroatoms. The molecule has 56 heavy (non-hydrogen) atoms. The molecule has 0 aliphatic rings. The SMILES string of the molecule is c1ccc(-c2ccc(-c3cc(-c4ccc(-c5ccccn5)cc4)nc(-c4cc(-c5cccc6ccccc56)cc(-c5cccc6ccccc56)c4)c3)cc2)nc1. The molecule has 0 spiro atoms. The molecule has 3 heterocycles. The minimum absolute atomic E-state index is 0.904. The van der Waals surface area contributed by atoms with Gasteiger partial charge in [-0.1, -0.05) is 146 Å². The molecule has 0 atom stereocenters. The Morgan fingerprint density at radius 2 is 0.661 bits per heavy atom. The van der Waals surface area contributed by atoms with Crippen molar-refractivity contribution >= 4 is 21.5 Å². The molecule has 3 nitrogen and oxygen atoms in total. The number of hydrogen-bond acceptors (Lipinski definition) is 3. The lowest BCUT2D eigenvalue weighted by Gasteiger charge is -2.16. The van der Waals surface area contributed by atoms with E-state index in [1.165, 1.54) is 32.7 Å². The van der Waals surface area contributed by atoms with Gasteiger partial charge in [-0.3, -0.25) is 9.97 Å². The van der Waals surface area contributed by atoms with Crippen LogP contribution in [0.2, 0.25) is 0 Å². The van der Waals surface area contributed by atoms with Crippen LogP contribution in [0.5, 0.6) is 0 Å². The highest BCUT2D eigenvalue weighted by molar-refractivity contribution is 6.01. The van der Waals surface area contributed by atoms with Crippen molar-refractivity contribution in [3.05, 3.63) is 213 Å². The first-order chi connectivity index (χ1) is 27.7. The van der Waals surface area contributed by atoms with Gasteiger partial charge in [-0.25, -0.2) is 4.98 Å². The summed E-state index contributed by atoms with van der Waals surface area (Å²) < 4.78 is 0. The van der Waals surface area contributed by atoms with Gasteiger partial charge in [0, 0.05) is 34.6 Å². The predicted molar refractivity (Wildman–Crippen MR) is 233 cm³/mol. The number of fused-ring (bicyclic) bond motifs is 2. The number of aromatic nitrogens is 3. The van der Waals surface area contributed by atoms with E-state index >= 15 is 0 Å². The fourth-order valence-electron chi connectivity index (χ4n) is 7.75. The molecule has 262 valence electrons. The van der Waals surface area contributed by atoms with Crippen molar-refractivity contribution in [1.29, 1.82) is 0 Å². The fraction of sp³-hybridized carbons (Fsp3) is 0. The number of hydrogen-bond donors (Lipinski definition) is 0. The van der Waals surface area contributed by atoms with E-state index < -0.39 is 0 Å². The minimum Gasteiger partial charge on any atom is -0.256 e. The summed E-state index contributed by atoms with van der Waals surface area (Å²) in [7, 11) is 0. The zero-order valence-corrected chi connectivity index (χ0v) is 30.5. The van der Waals surface area contributed by atoms with Crippen LogP contribution in [0, 0.1) is 0 Å². The summed E-state index contributed by atoms with van der Waals surface area (Å²) in [5.74, 6) is 0. The molecule has 0 radical (unpaired) electrons. The topological polar surface area (TPSA) is 38.7 Å². The van der Waals surface area contributed by atoms with Crippen LogP contribution in [0.25, 0.3) is 100.0 Å². The van der Waals surface area contributed by atoms with Crippen molar-refractivity contribution < 1.29 is 0 Å². The highest BCUT2D eigenvalue weighted by Crippen LogP contribution is 2.39. The van der Waals surface area contributed by atoms with Gasteiger partial charge in [0.2, 0.25) is 0 Å². The van der Waals surface area contributed by atoms with Gasteiger partial charge in [0.1, 0.15) is 0 Å². The second kappa shape index (κ2) is 14.4. The second-order valence-corrected chi connectivity index (χ2v) is 14.1. The van der Waals surface area contributed by atoms with Gasteiger partial charge >= 0.3 is 0 Å². The molecule has 0 unspecified atom stereocenters. The molecule has 10 rings (SSSR count). The van der Waals surface area contributed by atoms with Crippen LogP contribution in [0.15, 0.2) is 213 Å². The van der Waals surface area contributed by atoms with E-state index in [9.17, 15) is 0 Å². The van der Waals surface area contributed by atoms with Crippen molar-refractivity contribution in [3.63, 3.8) is 0 Å². The van der Waals surface area contributed by atoms with E-state index in [1.54, 1.807) is 0 Å². The van der Waals surface area contributed by atoms with Crippen molar-refractivity contribution in [2.24, 2.45) is 0 Å². The van der Waals surface area contributed by atoms with Crippen molar-refractivity contribution in [1.82, 2.24) is 15.0 Å². The monoisotopic (exact) mass is 713 g/mol. The predicted octanol–water partition coefficient (Wildman–Crippen LogP) is 13.8. The number of pyridine rings is 3. The fourth-order valence-corrected chi connectivity index (χ4v) is 7.75. The molecule has 7 aromatic carbocycles. The Bertz CT molecular complexity index is 2780. The Morgan fingerprint density at radius 3 is 1.16 bits per heavy atom. The quantitative estimate of drug-likeness (QED) is 0.165. The molecular weight excluding hydrogens is 679 g/mol. The summed E-state index contributed by atoms with van der Waals surface area (Å²) in [6.07, 6.45) is 3.67. The summed E-state index contributed by atoms with van der Waals surface area (Å²) in [5, 5.41) is 4.87. The van der Waals surface area contributed by atoms with Crippen molar-refractivity contribution in [3.8, 4) is 78.4 Å². The lowest BCUT2D eigenvalue weighted by Crippen LogP contribution is -1.94. The standard InChI is InChI=1S/C53H35N3/c1-3-15-46-37(11-1)13-9-17-48(46)43-31-44(49-18-10-14-38-12-2-4-16-47(38)49)33-45(32-43)53-35-42(36-21-23-39(24-22-36)50-19-5-7-29-54-50)34-52(56-53)41-27-25-40(26-28-41)51-20-6-8-30-55-51/h1-35H. The maximum Gasteiger partial charge on any atom is 0.0716 e. The van der Waals surface area contributed by atoms with Crippen LogP contribution in [0.3, 0.4) is 0 Å². The molecule has 0 amide bonds. The van der Waals surface area contributed by atoms with Gasteiger partial charge in [0.25, 0.3) is 0 Å². The molecule has 10 aromatic rings. The zero-order valence-electron chi connectivity index (χ0n) is 30.5. The number of nitrogens with zero attached hydrogens (tertiary/aromatic N) is 3. The van der Waals surface area contributed by atoms with Crippen molar-refractivity contribution in [2.75, 3.05) is 0 Å². The van der Waals surface area contributed by atoms with E-state index in [0.29, 0.717) is 0 Å². The number of benzene rings is 7. The maximum atomic E-state index is 5.44. The normalized spacial score (nSPS) is 11.2. The maximum absolute atomic E-state index is 5.44. The van der Waals surface area contributed by atoms with Gasteiger partial charge < -0.3 is 0 Å². The van der Waals surface area contributed by atoms with Crippen LogP contribution >= 0.6 is 0 Å². The summed E-state index contributed by atoms with van der Waals surface area (Å²) in [5.41, 5.74) is 14.8. The van der Waals surface area contributed by atoms with Gasteiger partial charge in [-0.15, -0.1) is 0 Å². The summed E-state index contributed by atoms with van der Waals surface area (Å²) in [6, 6.07) is 71.0. The molecular formula is C53H35N3. The Labute approximate surface area is 326 Å². The average molecular weight is 714 g/mol. The molecule has 0 aliphatic carbocycles. The molecule has 0 aliphatic heterocycles. The second-order valence-electron chi connectivity index (χ2n) is 14.1. The summed E-state index contributed by atoms with van der Waals surface area (Å²) >= 11 is 0. The van der Waals surface area contributed by atoms with E-state index in [1.807, 2.05) is 48.8 Å². The van der Waals surface area contributed by atoms with Crippen molar-refractivity contribution in [2.45, 2.75) is 0 Å². The van der Waals surface area contributed by atoms with E-state index in [-0.39, 0.29) is 0 Å². The van der Waals surface area contributed by atoms with Gasteiger partial charge in [0.05, 0.1) is 22.8 Å². The Kier molecular flexibility index (Phi) is 8.51. The zero-order chi connectivity index (χ0) is 37.3. The Balaban J connectivity index is 1.18. The van der Waals surface area contributed by atoms with E-state index in [0.717, 1.165) is 67.3 Å². The molecule has 0 N–H and O–H groups in total. The van der Waals surface area contributed by atoms with Gasteiger partial charge in [-0.2, -0.15) is 0 Å². The first kappa shape index (κ1) is 33.1. The largest absolute Gasteiger partial charge is 0.256 e. The Morgan fingerprint density at radius 1 is 0.250 bits per heavy atom. The smallest absolute Gasteiger partial charge is 0.0716 e. The Hall–Kier alpha value is -7.49. The van der Waals surface area contributed by atoms with Crippen LogP contribution < -0.4 is 0 Å². The van der Waals surface area contributed by atoms with Crippen LogP contribution in [0.1, 0.15) is 0 Å². The van der Waals surface area contributed by atoms with Crippen LogP contribution in [-0.2, 0) is 0 Å². The van der Waals surface area contributed by atoms with E-state index in [4.69, 9.17) is 4.98 Å². The summed E-state index contributed by atoms with van der Waals surface area (Å²) in [6.45, 7) is 0. The van der Waals surface area contributed by atoms with Gasteiger partial charge in [0.15, 0.2) is 0 Å². The lowest BCUT2D eigenvalue weighted by molar-refractivity contribution is 1.31. The number of rotatable bonds is 7. The molecule has 0 saturated carbocycles. The third kappa shape index (κ3) is 6.42. The molecule has 0 saturated heterocycles. The highest BCUT2D eigenvalue weighted by atomic mass is 14.7. The average Bonchev–Trinajstić information content (AvgIpc) is 3.29.